The minimum absolute atomic E-state index is 0.0310. The maximum Gasteiger partial charge on any atom is 0.275 e. The average Bonchev–Trinajstić information content (AvgIpc) is 3.50. The van der Waals surface area contributed by atoms with Gasteiger partial charge in [-0.05, 0) is 46.5 Å². The maximum atomic E-state index is 12.7. The highest BCUT2D eigenvalue weighted by Gasteiger charge is 2.31. The summed E-state index contributed by atoms with van der Waals surface area (Å²) in [6.45, 7) is 0.950. The summed E-state index contributed by atoms with van der Waals surface area (Å²) in [5.41, 5.74) is 2.84. The lowest BCUT2D eigenvalue weighted by Crippen LogP contribution is -2.47. The Bertz CT molecular complexity index is 1050. The van der Waals surface area contributed by atoms with E-state index in [0.29, 0.717) is 31.8 Å². The van der Waals surface area contributed by atoms with Crippen LogP contribution in [0.5, 0.6) is 0 Å². The summed E-state index contributed by atoms with van der Waals surface area (Å²) in [7, 11) is 0. The molecular weight excluding hydrogens is 430 g/mol. The fourth-order valence-corrected chi connectivity index (χ4v) is 4.32. The van der Waals surface area contributed by atoms with E-state index in [1.54, 1.807) is 11.3 Å². The van der Waals surface area contributed by atoms with Gasteiger partial charge in [-0.15, -0.1) is 0 Å². The number of hydrogen-bond donors (Lipinski definition) is 3. The molecule has 1 saturated heterocycles. The zero-order chi connectivity index (χ0) is 22.5. The smallest absolute Gasteiger partial charge is 0.275 e. The third-order valence-electron chi connectivity index (χ3n) is 5.60. The molecule has 0 bridgehead atoms. The van der Waals surface area contributed by atoms with E-state index in [1.165, 1.54) is 11.2 Å². The van der Waals surface area contributed by atoms with Gasteiger partial charge >= 0.3 is 0 Å². The summed E-state index contributed by atoms with van der Waals surface area (Å²) < 4.78 is 5.50. The van der Waals surface area contributed by atoms with Crippen molar-refractivity contribution in [3.63, 3.8) is 0 Å². The fourth-order valence-electron chi connectivity index (χ4n) is 3.65. The number of likely N-dealkylation sites (tertiary alicyclic amines) is 1. The normalized spacial score (nSPS) is 18.5. The third-order valence-corrected chi connectivity index (χ3v) is 6.33. The molecule has 1 aromatic carbocycles. The van der Waals surface area contributed by atoms with E-state index in [0.717, 1.165) is 16.7 Å². The Hall–Kier alpha value is -3.01. The van der Waals surface area contributed by atoms with E-state index in [2.05, 4.69) is 10.3 Å². The summed E-state index contributed by atoms with van der Waals surface area (Å²) in [6.07, 6.45) is 1.48. The summed E-state index contributed by atoms with van der Waals surface area (Å²) in [5.74, 6) is -0.213. The van der Waals surface area contributed by atoms with Crippen LogP contribution >= 0.6 is 11.3 Å². The first-order chi connectivity index (χ1) is 15.5. The fraction of sp³-hybridized carbons (Fsp3) is 0.348. The number of rotatable bonds is 7. The van der Waals surface area contributed by atoms with Crippen molar-refractivity contribution in [2.24, 2.45) is 5.92 Å². The summed E-state index contributed by atoms with van der Waals surface area (Å²) in [5, 5.41) is 26.1. The molecule has 3 aromatic rings. The number of aliphatic hydroxyl groups is 2. The van der Waals surface area contributed by atoms with Crippen molar-refractivity contribution in [1.29, 1.82) is 0 Å². The Morgan fingerprint density at radius 2 is 2.03 bits per heavy atom. The van der Waals surface area contributed by atoms with Gasteiger partial charge in [0, 0.05) is 37.7 Å². The molecule has 0 spiro atoms. The van der Waals surface area contributed by atoms with Gasteiger partial charge in [0.15, 0.2) is 5.69 Å². The number of hydrogen-bond acceptors (Lipinski definition) is 7. The minimum atomic E-state index is -0.748. The molecule has 0 aliphatic carbocycles. The van der Waals surface area contributed by atoms with Gasteiger partial charge in [0.2, 0.25) is 11.8 Å². The minimum Gasteiger partial charge on any atom is -0.444 e. The van der Waals surface area contributed by atoms with Crippen LogP contribution in [0.25, 0.3) is 11.5 Å². The summed E-state index contributed by atoms with van der Waals surface area (Å²) >= 11 is 1.57. The van der Waals surface area contributed by atoms with Gasteiger partial charge in [0.1, 0.15) is 6.26 Å². The van der Waals surface area contributed by atoms with Crippen molar-refractivity contribution < 1.29 is 24.2 Å². The van der Waals surface area contributed by atoms with Crippen molar-refractivity contribution in [3.05, 3.63) is 64.2 Å². The molecule has 1 fully saturated rings. The standard InChI is InChI=1S/C23H25N3O5S/c27-12-18-5-7-26(11-20(18)28)23(30)19-13-31-22(25-19)17-3-1-15(2-4-17)10-24-21(29)9-16-6-8-32-14-16/h1-4,6,8,13-14,18,20,27-28H,5,7,9-12H2,(H,24,29)/t18-,20+/m0/s1. The molecule has 32 heavy (non-hydrogen) atoms. The Labute approximate surface area is 189 Å². The molecular formula is C23H25N3O5S. The van der Waals surface area contributed by atoms with Gasteiger partial charge in [0.25, 0.3) is 5.91 Å². The molecule has 1 aliphatic heterocycles. The van der Waals surface area contributed by atoms with Crippen LogP contribution < -0.4 is 5.32 Å². The lowest BCUT2D eigenvalue weighted by Gasteiger charge is -2.34. The predicted molar refractivity (Wildman–Crippen MR) is 119 cm³/mol. The molecule has 3 heterocycles. The monoisotopic (exact) mass is 455 g/mol. The molecule has 3 N–H and O–H groups in total. The highest BCUT2D eigenvalue weighted by atomic mass is 32.1. The summed E-state index contributed by atoms with van der Waals surface area (Å²) in [6, 6.07) is 9.35. The lowest BCUT2D eigenvalue weighted by atomic mass is 9.94. The lowest BCUT2D eigenvalue weighted by molar-refractivity contribution is -0.120. The molecule has 2 aromatic heterocycles. The number of amides is 2. The van der Waals surface area contributed by atoms with Crippen LogP contribution in [0.3, 0.4) is 0 Å². The van der Waals surface area contributed by atoms with Crippen molar-refractivity contribution >= 4 is 23.2 Å². The molecule has 8 nitrogen and oxygen atoms in total. The molecule has 168 valence electrons. The van der Waals surface area contributed by atoms with Crippen molar-refractivity contribution in [3.8, 4) is 11.5 Å². The topological polar surface area (TPSA) is 116 Å². The number of nitrogens with zero attached hydrogens (tertiary/aromatic N) is 2. The molecule has 0 radical (unpaired) electrons. The number of aromatic nitrogens is 1. The van der Waals surface area contributed by atoms with Crippen LogP contribution in [-0.4, -0.2) is 57.7 Å². The first kappa shape index (κ1) is 22.2. The first-order valence-corrected chi connectivity index (χ1v) is 11.4. The molecule has 9 heteroatoms. The van der Waals surface area contributed by atoms with E-state index in [9.17, 15) is 19.8 Å². The van der Waals surface area contributed by atoms with Crippen molar-refractivity contribution in [2.45, 2.75) is 25.5 Å². The van der Waals surface area contributed by atoms with E-state index in [-0.39, 0.29) is 36.6 Å². The number of thiophene rings is 1. The molecule has 0 saturated carbocycles. The SMILES string of the molecule is O=C(Cc1ccsc1)NCc1ccc(-c2nc(C(=O)N3CC[C@@H](CO)[C@H](O)C3)co2)cc1. The Balaban J connectivity index is 1.33. The molecule has 0 unspecified atom stereocenters. The highest BCUT2D eigenvalue weighted by molar-refractivity contribution is 7.08. The van der Waals surface area contributed by atoms with E-state index in [1.807, 2.05) is 41.1 Å². The zero-order valence-corrected chi connectivity index (χ0v) is 18.3. The van der Waals surface area contributed by atoms with Gasteiger partial charge in [-0.25, -0.2) is 4.98 Å². The number of piperidine rings is 1. The van der Waals surface area contributed by atoms with Crippen molar-refractivity contribution in [2.75, 3.05) is 19.7 Å². The number of β-amino-alcohol motifs (C(OH)–C–C–N with tert-alkyl or cyclic N) is 1. The predicted octanol–water partition coefficient (Wildman–Crippen LogP) is 2.08. The molecule has 2 atom stereocenters. The van der Waals surface area contributed by atoms with Crippen LogP contribution in [0, 0.1) is 5.92 Å². The number of benzene rings is 1. The van der Waals surface area contributed by atoms with E-state index >= 15 is 0 Å². The third kappa shape index (κ3) is 5.24. The van der Waals surface area contributed by atoms with Gasteiger partial charge < -0.3 is 24.8 Å². The summed E-state index contributed by atoms with van der Waals surface area (Å²) in [4.78, 5) is 30.6. The van der Waals surface area contributed by atoms with Gasteiger partial charge in [-0.2, -0.15) is 11.3 Å². The number of nitrogens with one attached hydrogen (secondary N) is 1. The molecule has 1 aliphatic rings. The highest BCUT2D eigenvalue weighted by Crippen LogP contribution is 2.22. The van der Waals surface area contributed by atoms with Gasteiger partial charge in [-0.3, -0.25) is 9.59 Å². The Kier molecular flexibility index (Phi) is 6.99. The number of carbonyl (C=O) groups is 2. The number of oxazole rings is 1. The average molecular weight is 456 g/mol. The van der Waals surface area contributed by atoms with Crippen LogP contribution in [0.15, 0.2) is 51.8 Å². The quantitative estimate of drug-likeness (QED) is 0.502. The maximum absolute atomic E-state index is 12.7. The second-order valence-electron chi connectivity index (χ2n) is 7.87. The van der Waals surface area contributed by atoms with Crippen LogP contribution in [0.1, 0.15) is 28.0 Å². The van der Waals surface area contributed by atoms with E-state index in [4.69, 9.17) is 4.42 Å². The molecule has 4 rings (SSSR count). The zero-order valence-electron chi connectivity index (χ0n) is 17.4. The molecule has 2 amide bonds. The number of aliphatic hydroxyl groups excluding tert-OH is 2. The second kappa shape index (κ2) is 10.1. The second-order valence-corrected chi connectivity index (χ2v) is 8.65. The van der Waals surface area contributed by atoms with E-state index < -0.39 is 6.10 Å². The number of carbonyl (C=O) groups excluding carboxylic acids is 2. The largest absolute Gasteiger partial charge is 0.444 e. The van der Waals surface area contributed by atoms with Crippen LogP contribution in [0.2, 0.25) is 0 Å². The Morgan fingerprint density at radius 1 is 1.22 bits per heavy atom. The van der Waals surface area contributed by atoms with Gasteiger partial charge in [0.05, 0.1) is 12.5 Å². The Morgan fingerprint density at radius 3 is 2.72 bits per heavy atom. The first-order valence-electron chi connectivity index (χ1n) is 10.4. The van der Waals surface area contributed by atoms with Crippen LogP contribution in [0.4, 0.5) is 0 Å². The van der Waals surface area contributed by atoms with Crippen LogP contribution in [-0.2, 0) is 17.8 Å². The van der Waals surface area contributed by atoms with Crippen molar-refractivity contribution in [1.82, 2.24) is 15.2 Å². The van der Waals surface area contributed by atoms with Gasteiger partial charge in [-0.1, -0.05) is 12.1 Å².